The summed E-state index contributed by atoms with van der Waals surface area (Å²) in [7, 11) is 0. The number of amides is 2. The zero-order chi connectivity index (χ0) is 15.0. The highest BCUT2D eigenvalue weighted by molar-refractivity contribution is 9.10. The van der Waals surface area contributed by atoms with Gasteiger partial charge in [0.25, 0.3) is 0 Å². The van der Waals surface area contributed by atoms with Gasteiger partial charge in [0, 0.05) is 17.3 Å². The number of imide groups is 1. The zero-order valence-corrected chi connectivity index (χ0v) is 13.9. The summed E-state index contributed by atoms with van der Waals surface area (Å²) in [6.45, 7) is 1.94. The molecule has 0 unspecified atom stereocenters. The molecule has 21 heavy (non-hydrogen) atoms. The van der Waals surface area contributed by atoms with E-state index in [1.54, 1.807) is 0 Å². The molecule has 1 spiro atoms. The Kier molecular flexibility index (Phi) is 3.91. The first-order valence-corrected chi connectivity index (χ1v) is 8.42. The summed E-state index contributed by atoms with van der Waals surface area (Å²) in [5, 5.41) is 0. The Morgan fingerprint density at radius 1 is 1.05 bits per heavy atom. The maximum absolute atomic E-state index is 12.6. The number of nitrogens with zero attached hydrogens (tertiary/aromatic N) is 1. The Morgan fingerprint density at radius 3 is 2.29 bits per heavy atom. The van der Waals surface area contributed by atoms with E-state index >= 15 is 0 Å². The Labute approximate surface area is 133 Å². The predicted octanol–water partition coefficient (Wildman–Crippen LogP) is 4.36. The lowest BCUT2D eigenvalue weighted by molar-refractivity contribution is -0.134. The summed E-state index contributed by atoms with van der Waals surface area (Å²) >= 11 is 3.42. The molecule has 0 aromatic heterocycles. The number of aryl methyl sites for hydroxylation is 1. The van der Waals surface area contributed by atoms with E-state index in [0.29, 0.717) is 12.8 Å². The second-order valence-corrected chi connectivity index (χ2v) is 7.38. The molecular formula is C17H20BrNO2. The average Bonchev–Trinajstić information content (AvgIpc) is 2.42. The molecule has 1 aliphatic carbocycles. The van der Waals surface area contributed by atoms with E-state index in [9.17, 15) is 9.59 Å². The van der Waals surface area contributed by atoms with Crippen molar-refractivity contribution in [2.45, 2.75) is 51.9 Å². The van der Waals surface area contributed by atoms with E-state index in [1.807, 2.05) is 25.1 Å². The largest absolute Gasteiger partial charge is 0.274 e. The van der Waals surface area contributed by atoms with Gasteiger partial charge in [-0.3, -0.25) is 14.5 Å². The van der Waals surface area contributed by atoms with Gasteiger partial charge in [0.05, 0.1) is 5.69 Å². The summed E-state index contributed by atoms with van der Waals surface area (Å²) in [4.78, 5) is 26.7. The van der Waals surface area contributed by atoms with Crippen molar-refractivity contribution < 1.29 is 9.59 Å². The third-order valence-electron chi connectivity index (χ3n) is 4.88. The number of carbonyl (C=O) groups is 2. The number of hydrogen-bond donors (Lipinski definition) is 0. The highest BCUT2D eigenvalue weighted by atomic mass is 79.9. The van der Waals surface area contributed by atoms with Gasteiger partial charge < -0.3 is 0 Å². The average molecular weight is 350 g/mol. The summed E-state index contributed by atoms with van der Waals surface area (Å²) in [5.41, 5.74) is 1.63. The van der Waals surface area contributed by atoms with Crippen LogP contribution in [0.2, 0.25) is 0 Å². The fourth-order valence-electron chi connectivity index (χ4n) is 3.75. The number of benzene rings is 1. The number of rotatable bonds is 1. The highest BCUT2D eigenvalue weighted by Crippen LogP contribution is 2.46. The lowest BCUT2D eigenvalue weighted by Crippen LogP contribution is -2.49. The molecule has 112 valence electrons. The Balaban J connectivity index is 1.90. The van der Waals surface area contributed by atoms with Crippen molar-refractivity contribution in [1.82, 2.24) is 0 Å². The summed E-state index contributed by atoms with van der Waals surface area (Å²) in [5.74, 6) is -0.0660. The molecule has 3 nitrogen and oxygen atoms in total. The van der Waals surface area contributed by atoms with E-state index in [4.69, 9.17) is 0 Å². The molecular weight excluding hydrogens is 330 g/mol. The van der Waals surface area contributed by atoms with Crippen LogP contribution in [0.4, 0.5) is 5.69 Å². The molecule has 3 rings (SSSR count). The minimum atomic E-state index is -0.0527. The van der Waals surface area contributed by atoms with Crippen LogP contribution in [0, 0.1) is 12.3 Å². The van der Waals surface area contributed by atoms with Crippen LogP contribution in [0.15, 0.2) is 22.7 Å². The van der Waals surface area contributed by atoms with Gasteiger partial charge in [0.15, 0.2) is 0 Å². The molecule has 1 aromatic carbocycles. The van der Waals surface area contributed by atoms with Gasteiger partial charge >= 0.3 is 0 Å². The van der Waals surface area contributed by atoms with Crippen molar-refractivity contribution in [3.63, 3.8) is 0 Å². The maximum Gasteiger partial charge on any atom is 0.234 e. The standard InChI is InChI=1S/C17H20BrNO2/c1-12-5-6-13(18)9-14(12)19-15(20)10-17(11-16(19)21)7-3-2-4-8-17/h5-6,9H,2-4,7-8,10-11H2,1H3. The molecule has 0 N–H and O–H groups in total. The number of piperidine rings is 1. The second kappa shape index (κ2) is 5.56. The van der Waals surface area contributed by atoms with Crippen LogP contribution in [0.3, 0.4) is 0 Å². The normalized spacial score (nSPS) is 21.9. The van der Waals surface area contributed by atoms with Crippen molar-refractivity contribution in [2.24, 2.45) is 5.41 Å². The monoisotopic (exact) mass is 349 g/mol. The molecule has 0 radical (unpaired) electrons. The second-order valence-electron chi connectivity index (χ2n) is 6.47. The van der Waals surface area contributed by atoms with Gasteiger partial charge in [0.2, 0.25) is 11.8 Å². The first-order chi connectivity index (χ1) is 10.0. The fourth-order valence-corrected chi connectivity index (χ4v) is 4.10. The molecule has 1 aliphatic heterocycles. The van der Waals surface area contributed by atoms with Crippen molar-refractivity contribution in [3.05, 3.63) is 28.2 Å². The summed E-state index contributed by atoms with van der Waals surface area (Å²) < 4.78 is 0.890. The Hall–Kier alpha value is -1.16. The van der Waals surface area contributed by atoms with Crippen LogP contribution < -0.4 is 4.90 Å². The topological polar surface area (TPSA) is 37.4 Å². The predicted molar refractivity (Wildman–Crippen MR) is 86.1 cm³/mol. The minimum Gasteiger partial charge on any atom is -0.274 e. The zero-order valence-electron chi connectivity index (χ0n) is 12.3. The van der Waals surface area contributed by atoms with Crippen LogP contribution in [0.5, 0.6) is 0 Å². The first kappa shape index (κ1) is 14.8. The molecule has 1 saturated heterocycles. The van der Waals surface area contributed by atoms with Gasteiger partial charge in [-0.1, -0.05) is 41.3 Å². The molecule has 0 atom stereocenters. The quantitative estimate of drug-likeness (QED) is 0.706. The Morgan fingerprint density at radius 2 is 1.67 bits per heavy atom. The van der Waals surface area contributed by atoms with E-state index < -0.39 is 0 Å². The van der Waals surface area contributed by atoms with Crippen molar-refractivity contribution in [2.75, 3.05) is 4.90 Å². The van der Waals surface area contributed by atoms with Crippen LogP contribution in [-0.4, -0.2) is 11.8 Å². The van der Waals surface area contributed by atoms with E-state index in [1.165, 1.54) is 11.3 Å². The molecule has 1 saturated carbocycles. The van der Waals surface area contributed by atoms with Crippen molar-refractivity contribution in [1.29, 1.82) is 0 Å². The lowest BCUT2D eigenvalue weighted by Gasteiger charge is -2.42. The minimum absolute atomic E-state index is 0.0330. The van der Waals surface area contributed by atoms with Gasteiger partial charge in [-0.05, 0) is 42.9 Å². The van der Waals surface area contributed by atoms with Gasteiger partial charge in [-0.15, -0.1) is 0 Å². The summed E-state index contributed by atoms with van der Waals surface area (Å²) in [6, 6.07) is 5.73. The molecule has 1 aromatic rings. The molecule has 4 heteroatoms. The lowest BCUT2D eigenvalue weighted by atomic mass is 9.67. The number of carbonyl (C=O) groups excluding carboxylic acids is 2. The summed E-state index contributed by atoms with van der Waals surface area (Å²) in [6.07, 6.45) is 6.62. The third kappa shape index (κ3) is 2.78. The molecule has 0 bridgehead atoms. The number of halogens is 1. The van der Waals surface area contributed by atoms with Crippen molar-refractivity contribution >= 4 is 33.4 Å². The van der Waals surface area contributed by atoms with Gasteiger partial charge in [-0.25, -0.2) is 0 Å². The van der Waals surface area contributed by atoms with Crippen LogP contribution in [0.1, 0.15) is 50.5 Å². The van der Waals surface area contributed by atoms with Gasteiger partial charge in [-0.2, -0.15) is 0 Å². The van der Waals surface area contributed by atoms with E-state index in [2.05, 4.69) is 15.9 Å². The van der Waals surface area contributed by atoms with Crippen molar-refractivity contribution in [3.8, 4) is 0 Å². The first-order valence-electron chi connectivity index (χ1n) is 7.63. The van der Waals surface area contributed by atoms with E-state index in [0.717, 1.165) is 41.4 Å². The SMILES string of the molecule is Cc1ccc(Br)cc1N1C(=O)CC2(CCCCC2)CC1=O. The molecule has 1 heterocycles. The van der Waals surface area contributed by atoms with Crippen LogP contribution in [0.25, 0.3) is 0 Å². The number of anilines is 1. The molecule has 2 amide bonds. The highest BCUT2D eigenvalue weighted by Gasteiger charge is 2.44. The number of hydrogen-bond acceptors (Lipinski definition) is 2. The van der Waals surface area contributed by atoms with Crippen LogP contribution in [-0.2, 0) is 9.59 Å². The molecule has 2 aliphatic rings. The molecule has 2 fully saturated rings. The smallest absolute Gasteiger partial charge is 0.234 e. The van der Waals surface area contributed by atoms with E-state index in [-0.39, 0.29) is 17.2 Å². The maximum atomic E-state index is 12.6. The van der Waals surface area contributed by atoms with Gasteiger partial charge in [0.1, 0.15) is 0 Å². The Bertz CT molecular complexity index is 570. The fraction of sp³-hybridized carbons (Fsp3) is 0.529. The van der Waals surface area contributed by atoms with Crippen LogP contribution >= 0.6 is 15.9 Å². The third-order valence-corrected chi connectivity index (χ3v) is 5.37.